The Morgan fingerprint density at radius 2 is 1.75 bits per heavy atom. The van der Waals surface area contributed by atoms with Crippen molar-refractivity contribution in [2.75, 3.05) is 13.1 Å². The molecular weight excluding hydrogens is 606 g/mol. The zero-order chi connectivity index (χ0) is 34.8. The molecule has 4 rings (SSSR count). The van der Waals surface area contributed by atoms with Crippen molar-refractivity contribution >= 4 is 29.5 Å². The summed E-state index contributed by atoms with van der Waals surface area (Å²) in [5.74, 6) is 8.88. The predicted octanol–water partition coefficient (Wildman–Crippen LogP) is 2.71. The van der Waals surface area contributed by atoms with E-state index < -0.39 is 29.5 Å². The van der Waals surface area contributed by atoms with E-state index in [2.05, 4.69) is 51.5 Å². The molecule has 1 aromatic rings. The number of hydrogen-bond donors (Lipinski definition) is 4. The zero-order valence-corrected chi connectivity index (χ0v) is 28.4. The fourth-order valence-electron chi connectivity index (χ4n) is 6.96. The highest BCUT2D eigenvalue weighted by Crippen LogP contribution is 2.45. The molecule has 5 amide bonds. The second-order valence-electron chi connectivity index (χ2n) is 13.4. The lowest BCUT2D eigenvalue weighted by atomic mass is 9.82. The van der Waals surface area contributed by atoms with Crippen molar-refractivity contribution < 1.29 is 24.0 Å². The van der Waals surface area contributed by atoms with Crippen LogP contribution in [0.5, 0.6) is 0 Å². The van der Waals surface area contributed by atoms with Gasteiger partial charge in [-0.3, -0.25) is 24.0 Å². The van der Waals surface area contributed by atoms with Gasteiger partial charge in [0.25, 0.3) is 0 Å². The number of carbonyl (C=O) groups is 5. The molecule has 0 radical (unpaired) electrons. The number of nitrogens with zero attached hydrogens (tertiary/aromatic N) is 1. The van der Waals surface area contributed by atoms with Crippen molar-refractivity contribution in [2.24, 2.45) is 17.3 Å². The largest absolute Gasteiger partial charge is 0.347 e. The summed E-state index contributed by atoms with van der Waals surface area (Å²) in [6.45, 7) is 11.5. The molecule has 10 nitrogen and oxygen atoms in total. The first-order valence-electron chi connectivity index (χ1n) is 16.8. The van der Waals surface area contributed by atoms with Crippen molar-refractivity contribution in [1.82, 2.24) is 26.2 Å². The quantitative estimate of drug-likeness (QED) is 0.175. The number of carbonyl (C=O) groups excluding carboxylic acids is 5. The molecule has 3 aliphatic rings. The monoisotopic (exact) mass is 653 g/mol. The van der Waals surface area contributed by atoms with E-state index in [1.165, 1.54) is 18.2 Å². The first-order chi connectivity index (χ1) is 23.0. The second-order valence-corrected chi connectivity index (χ2v) is 13.4. The zero-order valence-electron chi connectivity index (χ0n) is 28.4. The molecule has 4 N–H and O–H groups in total. The van der Waals surface area contributed by atoms with Gasteiger partial charge in [-0.25, -0.2) is 0 Å². The Kier molecular flexibility index (Phi) is 12.2. The molecule has 2 fully saturated rings. The number of amides is 5. The molecule has 6 atom stereocenters. The molecule has 2 heterocycles. The fraction of sp³-hybridized carbons (Fsp3) is 0.500. The van der Waals surface area contributed by atoms with Crippen LogP contribution in [0.15, 0.2) is 49.1 Å². The summed E-state index contributed by atoms with van der Waals surface area (Å²) in [7, 11) is 0. The number of benzene rings is 1. The molecule has 0 spiro atoms. The van der Waals surface area contributed by atoms with Crippen LogP contribution in [0.4, 0.5) is 0 Å². The van der Waals surface area contributed by atoms with Crippen molar-refractivity contribution in [3.63, 3.8) is 0 Å². The van der Waals surface area contributed by atoms with Gasteiger partial charge in [-0.2, -0.15) is 0 Å². The van der Waals surface area contributed by atoms with Gasteiger partial charge >= 0.3 is 0 Å². The van der Waals surface area contributed by atoms with Crippen molar-refractivity contribution in [1.29, 1.82) is 0 Å². The molecule has 0 bridgehead atoms. The third-order valence-electron chi connectivity index (χ3n) is 9.57. The molecule has 48 heavy (non-hydrogen) atoms. The van der Waals surface area contributed by atoms with E-state index in [1.54, 1.807) is 4.90 Å². The molecule has 0 saturated carbocycles. The fourth-order valence-corrected chi connectivity index (χ4v) is 6.96. The van der Waals surface area contributed by atoms with Gasteiger partial charge < -0.3 is 26.2 Å². The third-order valence-corrected chi connectivity index (χ3v) is 9.57. The smallest absolute Gasteiger partial charge is 0.246 e. The lowest BCUT2D eigenvalue weighted by Crippen LogP contribution is -2.58. The number of rotatable bonds is 10. The molecule has 1 aliphatic carbocycles. The van der Waals surface area contributed by atoms with E-state index in [1.807, 2.05) is 52.0 Å². The summed E-state index contributed by atoms with van der Waals surface area (Å²) in [6, 6.07) is 5.58. The van der Waals surface area contributed by atoms with E-state index in [0.717, 1.165) is 24.0 Å². The van der Waals surface area contributed by atoms with Gasteiger partial charge in [0, 0.05) is 18.0 Å². The average molecular weight is 654 g/mol. The highest BCUT2D eigenvalue weighted by molar-refractivity contribution is 5.94. The van der Waals surface area contributed by atoms with E-state index in [9.17, 15) is 24.0 Å². The maximum atomic E-state index is 14.3. The van der Waals surface area contributed by atoms with Crippen molar-refractivity contribution in [3.05, 3.63) is 60.2 Å². The third kappa shape index (κ3) is 8.55. The number of nitrogens with one attached hydrogen (secondary N) is 4. The first-order valence-corrected chi connectivity index (χ1v) is 16.8. The predicted molar refractivity (Wildman–Crippen MR) is 183 cm³/mol. The first kappa shape index (κ1) is 36.0. The average Bonchev–Trinajstić information content (AvgIpc) is 3.51. The van der Waals surface area contributed by atoms with E-state index in [0.29, 0.717) is 25.7 Å². The molecular formula is C38H47N5O5. The molecule has 2 saturated heterocycles. The van der Waals surface area contributed by atoms with Crippen LogP contribution < -0.4 is 21.3 Å². The van der Waals surface area contributed by atoms with Crippen LogP contribution in [0.3, 0.4) is 0 Å². The normalized spacial score (nSPS) is 24.4. The van der Waals surface area contributed by atoms with Crippen LogP contribution >= 0.6 is 0 Å². The van der Waals surface area contributed by atoms with Crippen molar-refractivity contribution in [2.45, 2.75) is 90.4 Å². The lowest BCUT2D eigenvalue weighted by molar-refractivity contribution is -0.145. The topological polar surface area (TPSA) is 137 Å². The van der Waals surface area contributed by atoms with Gasteiger partial charge in [-0.05, 0) is 66.9 Å². The van der Waals surface area contributed by atoms with E-state index in [-0.39, 0.29) is 54.6 Å². The Morgan fingerprint density at radius 1 is 1.04 bits per heavy atom. The van der Waals surface area contributed by atoms with Crippen LogP contribution in [0.1, 0.15) is 77.0 Å². The Balaban J connectivity index is 1.45. The van der Waals surface area contributed by atoms with E-state index in [4.69, 9.17) is 0 Å². The number of hydrogen-bond acceptors (Lipinski definition) is 5. The lowest BCUT2D eigenvalue weighted by Gasteiger charge is -2.35. The molecule has 0 unspecified atom stereocenters. The highest BCUT2D eigenvalue weighted by Gasteiger charge is 2.54. The minimum Gasteiger partial charge on any atom is -0.347 e. The summed E-state index contributed by atoms with van der Waals surface area (Å²) in [6.07, 6.45) is 8.25. The maximum Gasteiger partial charge on any atom is 0.246 e. The van der Waals surface area contributed by atoms with Gasteiger partial charge in [0.15, 0.2) is 0 Å². The van der Waals surface area contributed by atoms with Gasteiger partial charge in [0.05, 0.1) is 25.0 Å². The highest BCUT2D eigenvalue weighted by atomic mass is 16.2. The minimum atomic E-state index is -0.750. The summed E-state index contributed by atoms with van der Waals surface area (Å²) < 4.78 is 0. The van der Waals surface area contributed by atoms with Crippen LogP contribution in [-0.4, -0.2) is 65.7 Å². The maximum absolute atomic E-state index is 14.3. The summed E-state index contributed by atoms with van der Waals surface area (Å²) in [5.41, 5.74) is 1.35. The summed E-state index contributed by atoms with van der Waals surface area (Å²) in [5, 5.41) is 11.6. The van der Waals surface area contributed by atoms with Gasteiger partial charge in [0.2, 0.25) is 29.5 Å². The number of allylic oxidation sites excluding steroid dienone is 2. The Bertz CT molecular complexity index is 1570. The SMILES string of the molecule is C=C/C=C\C(=O)NCC#CC#CCNC(=O)[C@@H]1Cc2ccccc2[C@@H]1NC(=O)[C@H]1N2C(=O)[C@@H](NC(=O)[C@H](C)CC)CCC[C@H]2CC1(C)C. The number of fused-ring (bicyclic) bond motifs is 2. The molecule has 1 aromatic carbocycles. The van der Waals surface area contributed by atoms with Crippen LogP contribution in [0.2, 0.25) is 0 Å². The second kappa shape index (κ2) is 16.3. The summed E-state index contributed by atoms with van der Waals surface area (Å²) in [4.78, 5) is 67.8. The molecule has 10 heteroatoms. The Hall–Kier alpha value is -4.83. The standard InChI is InChI=1S/C38H47N5O5/c1-6-8-20-31(44)39-21-13-9-10-14-22-40-35(46)29-23-26-16-11-12-18-28(26)32(29)42-36(47)33-38(4,5)24-27-17-15-19-30(37(48)43(27)33)41-34(45)25(3)7-2/h6,8,11-12,16,18,20,25,27,29-30,32-33H,1,7,15,17,19,21-24H2,2-5H3,(H,39,44)(H,40,46)(H,41,45)(H,42,47)/b20-8-/t25-,27+,29-,30+,32+,33-/m1/s1. The minimum absolute atomic E-state index is 0.0683. The van der Waals surface area contributed by atoms with E-state index >= 15 is 0 Å². The summed E-state index contributed by atoms with van der Waals surface area (Å²) >= 11 is 0. The van der Waals surface area contributed by atoms with Crippen LogP contribution in [0.25, 0.3) is 0 Å². The molecule has 2 aliphatic heterocycles. The molecule has 0 aromatic heterocycles. The Labute approximate surface area is 283 Å². The van der Waals surface area contributed by atoms with Crippen molar-refractivity contribution in [3.8, 4) is 23.7 Å². The van der Waals surface area contributed by atoms with Gasteiger partial charge in [0.1, 0.15) is 12.1 Å². The van der Waals surface area contributed by atoms with Gasteiger partial charge in [-0.15, -0.1) is 0 Å². The molecule has 254 valence electrons. The van der Waals surface area contributed by atoms with Crippen LogP contribution in [0, 0.1) is 40.9 Å². The van der Waals surface area contributed by atoms with Crippen LogP contribution in [-0.2, 0) is 30.4 Å². The Morgan fingerprint density at radius 3 is 2.46 bits per heavy atom. The van der Waals surface area contributed by atoms with Gasteiger partial charge in [-0.1, -0.05) is 82.5 Å².